The zero-order valence-corrected chi connectivity index (χ0v) is 12.4. The van der Waals surface area contributed by atoms with Gasteiger partial charge in [0.2, 0.25) is 0 Å². The molecule has 0 amide bonds. The number of hydrogen-bond donors (Lipinski definition) is 1. The van der Waals surface area contributed by atoms with Crippen LogP contribution in [0.1, 0.15) is 46.0 Å². The lowest BCUT2D eigenvalue weighted by Gasteiger charge is -2.34. The number of likely N-dealkylation sites (N-methyl/N-ethyl adjacent to an activating group) is 1. The molecule has 0 rings (SSSR count). The second kappa shape index (κ2) is 10.4. The number of thioether (sulfide) groups is 1. The van der Waals surface area contributed by atoms with E-state index in [1.807, 2.05) is 11.8 Å². The Labute approximate surface area is 106 Å². The minimum Gasteiger partial charge on any atom is -0.329 e. The highest BCUT2D eigenvalue weighted by Gasteiger charge is 2.19. The van der Waals surface area contributed by atoms with Gasteiger partial charge in [-0.15, -0.1) is 0 Å². The summed E-state index contributed by atoms with van der Waals surface area (Å²) in [6.45, 7) is 5.33. The van der Waals surface area contributed by atoms with Gasteiger partial charge in [-0.2, -0.15) is 11.8 Å². The molecule has 2 nitrogen and oxygen atoms in total. The fraction of sp³-hybridized carbons (Fsp3) is 1.00. The molecule has 0 saturated heterocycles. The third kappa shape index (κ3) is 6.12. The van der Waals surface area contributed by atoms with Crippen LogP contribution in [-0.2, 0) is 0 Å². The van der Waals surface area contributed by atoms with Crippen LogP contribution in [0.2, 0.25) is 0 Å². The molecule has 3 heteroatoms. The van der Waals surface area contributed by atoms with Crippen molar-refractivity contribution in [3.8, 4) is 0 Å². The molecular formula is C13H30N2S. The predicted molar refractivity (Wildman–Crippen MR) is 77.2 cm³/mol. The fourth-order valence-corrected chi connectivity index (χ4v) is 2.99. The molecule has 0 radical (unpaired) electrons. The molecule has 0 aromatic heterocycles. The molecule has 0 aliphatic heterocycles. The van der Waals surface area contributed by atoms with Gasteiger partial charge in [-0.25, -0.2) is 0 Å². The normalized spacial score (nSPS) is 15.4. The van der Waals surface area contributed by atoms with Crippen LogP contribution in [0, 0.1) is 0 Å². The lowest BCUT2D eigenvalue weighted by molar-refractivity contribution is 0.175. The summed E-state index contributed by atoms with van der Waals surface area (Å²) in [7, 11) is 2.24. The number of nitrogens with zero attached hydrogens (tertiary/aromatic N) is 1. The molecule has 0 bridgehead atoms. The first-order valence-corrected chi connectivity index (χ1v) is 8.01. The zero-order chi connectivity index (χ0) is 12.4. The van der Waals surface area contributed by atoms with Crippen LogP contribution < -0.4 is 5.73 Å². The molecule has 0 aromatic carbocycles. The average molecular weight is 246 g/mol. The molecule has 0 spiro atoms. The zero-order valence-electron chi connectivity index (χ0n) is 11.5. The Kier molecular flexibility index (Phi) is 10.6. The van der Waals surface area contributed by atoms with Gasteiger partial charge in [0, 0.05) is 24.4 Å². The number of rotatable bonds is 10. The Bertz CT molecular complexity index is 153. The van der Waals surface area contributed by atoms with Gasteiger partial charge in [-0.3, -0.25) is 4.90 Å². The van der Waals surface area contributed by atoms with E-state index in [-0.39, 0.29) is 0 Å². The molecule has 2 unspecified atom stereocenters. The largest absolute Gasteiger partial charge is 0.329 e. The van der Waals surface area contributed by atoms with E-state index in [0.717, 1.165) is 6.54 Å². The van der Waals surface area contributed by atoms with Gasteiger partial charge < -0.3 is 5.73 Å². The van der Waals surface area contributed by atoms with Gasteiger partial charge >= 0.3 is 0 Å². The molecule has 0 fully saturated rings. The van der Waals surface area contributed by atoms with Gasteiger partial charge in [0.05, 0.1) is 0 Å². The van der Waals surface area contributed by atoms with Crippen LogP contribution >= 0.6 is 11.8 Å². The molecular weight excluding hydrogens is 216 g/mol. The Morgan fingerprint density at radius 1 is 1.19 bits per heavy atom. The SMILES string of the molecule is CCCCCC(CN)N(C)C(CC)CSC. The van der Waals surface area contributed by atoms with Crippen LogP contribution in [-0.4, -0.2) is 42.6 Å². The first kappa shape index (κ1) is 16.3. The van der Waals surface area contributed by atoms with Crippen molar-refractivity contribution in [1.29, 1.82) is 0 Å². The number of hydrogen-bond acceptors (Lipinski definition) is 3. The van der Waals surface area contributed by atoms with Crippen molar-refractivity contribution in [2.75, 3.05) is 25.6 Å². The maximum absolute atomic E-state index is 5.90. The van der Waals surface area contributed by atoms with Crippen LogP contribution in [0.5, 0.6) is 0 Å². The molecule has 0 aliphatic rings. The van der Waals surface area contributed by atoms with E-state index < -0.39 is 0 Å². The van der Waals surface area contributed by atoms with E-state index >= 15 is 0 Å². The predicted octanol–water partition coefficient (Wildman–Crippen LogP) is 2.97. The van der Waals surface area contributed by atoms with Gasteiger partial charge in [-0.05, 0) is 26.1 Å². The molecule has 2 N–H and O–H groups in total. The summed E-state index contributed by atoms with van der Waals surface area (Å²) in [5.41, 5.74) is 5.90. The van der Waals surface area contributed by atoms with Crippen molar-refractivity contribution in [2.24, 2.45) is 5.73 Å². The summed E-state index contributed by atoms with van der Waals surface area (Å²) in [6, 6.07) is 1.26. The Morgan fingerprint density at radius 3 is 2.31 bits per heavy atom. The summed E-state index contributed by atoms with van der Waals surface area (Å²) in [5, 5.41) is 0. The lowest BCUT2D eigenvalue weighted by Crippen LogP contribution is -2.45. The molecule has 0 heterocycles. The topological polar surface area (TPSA) is 29.3 Å². The van der Waals surface area contributed by atoms with Gasteiger partial charge in [0.1, 0.15) is 0 Å². The average Bonchev–Trinajstić information content (AvgIpc) is 2.31. The Balaban J connectivity index is 4.09. The number of unbranched alkanes of at least 4 members (excludes halogenated alkanes) is 2. The standard InChI is InChI=1S/C13H30N2S/c1-5-7-8-9-13(10-14)15(3)12(6-2)11-16-4/h12-13H,5-11,14H2,1-4H3. The van der Waals surface area contributed by atoms with E-state index in [2.05, 4.69) is 32.1 Å². The highest BCUT2D eigenvalue weighted by Crippen LogP contribution is 2.15. The summed E-state index contributed by atoms with van der Waals surface area (Å²) >= 11 is 1.94. The molecule has 0 aliphatic carbocycles. The Morgan fingerprint density at radius 2 is 1.88 bits per heavy atom. The summed E-state index contributed by atoms with van der Waals surface area (Å²) in [5.74, 6) is 1.22. The van der Waals surface area contributed by atoms with Crippen molar-refractivity contribution in [3.63, 3.8) is 0 Å². The second-order valence-corrected chi connectivity index (χ2v) is 5.48. The quantitative estimate of drug-likeness (QED) is 0.601. The van der Waals surface area contributed by atoms with Gasteiger partial charge in [-0.1, -0.05) is 33.1 Å². The third-order valence-electron chi connectivity index (χ3n) is 3.40. The van der Waals surface area contributed by atoms with Crippen molar-refractivity contribution >= 4 is 11.8 Å². The van der Waals surface area contributed by atoms with Crippen LogP contribution in [0.3, 0.4) is 0 Å². The van der Waals surface area contributed by atoms with E-state index in [9.17, 15) is 0 Å². The van der Waals surface area contributed by atoms with Crippen molar-refractivity contribution < 1.29 is 0 Å². The fourth-order valence-electron chi connectivity index (χ4n) is 2.13. The smallest absolute Gasteiger partial charge is 0.0218 e. The maximum Gasteiger partial charge on any atom is 0.0218 e. The molecule has 0 aromatic rings. The van der Waals surface area contributed by atoms with Crippen molar-refractivity contribution in [2.45, 2.75) is 58.0 Å². The monoisotopic (exact) mass is 246 g/mol. The Hall–Kier alpha value is 0.270. The third-order valence-corrected chi connectivity index (χ3v) is 4.11. The minimum atomic E-state index is 0.573. The highest BCUT2D eigenvalue weighted by molar-refractivity contribution is 7.98. The summed E-state index contributed by atoms with van der Waals surface area (Å²) in [6.07, 6.45) is 8.61. The second-order valence-electron chi connectivity index (χ2n) is 4.57. The van der Waals surface area contributed by atoms with E-state index in [4.69, 9.17) is 5.73 Å². The summed E-state index contributed by atoms with van der Waals surface area (Å²) in [4.78, 5) is 2.51. The van der Waals surface area contributed by atoms with E-state index in [0.29, 0.717) is 12.1 Å². The van der Waals surface area contributed by atoms with E-state index in [1.54, 1.807) is 0 Å². The van der Waals surface area contributed by atoms with Gasteiger partial charge in [0.15, 0.2) is 0 Å². The first-order valence-electron chi connectivity index (χ1n) is 6.62. The first-order chi connectivity index (χ1) is 7.71. The molecule has 2 atom stereocenters. The minimum absolute atomic E-state index is 0.573. The molecule has 16 heavy (non-hydrogen) atoms. The molecule has 0 saturated carbocycles. The van der Waals surface area contributed by atoms with Gasteiger partial charge in [0.25, 0.3) is 0 Å². The summed E-state index contributed by atoms with van der Waals surface area (Å²) < 4.78 is 0. The van der Waals surface area contributed by atoms with Crippen molar-refractivity contribution in [3.05, 3.63) is 0 Å². The van der Waals surface area contributed by atoms with Crippen LogP contribution in [0.15, 0.2) is 0 Å². The van der Waals surface area contributed by atoms with Crippen LogP contribution in [0.25, 0.3) is 0 Å². The molecule has 98 valence electrons. The number of nitrogens with two attached hydrogens (primary N) is 1. The van der Waals surface area contributed by atoms with E-state index in [1.165, 1.54) is 37.9 Å². The lowest BCUT2D eigenvalue weighted by atomic mass is 10.1. The highest BCUT2D eigenvalue weighted by atomic mass is 32.2. The maximum atomic E-state index is 5.90. The van der Waals surface area contributed by atoms with Crippen LogP contribution in [0.4, 0.5) is 0 Å². The van der Waals surface area contributed by atoms with Crippen molar-refractivity contribution in [1.82, 2.24) is 4.90 Å².